The highest BCUT2D eigenvalue weighted by Crippen LogP contribution is 2.41. The van der Waals surface area contributed by atoms with E-state index in [4.69, 9.17) is 0 Å². The van der Waals surface area contributed by atoms with Crippen molar-refractivity contribution in [2.75, 3.05) is 18.0 Å². The van der Waals surface area contributed by atoms with E-state index in [1.807, 2.05) is 0 Å². The molecule has 2 heterocycles. The van der Waals surface area contributed by atoms with Crippen LogP contribution in [0.25, 0.3) is 0 Å². The number of nitrogens with zero attached hydrogens (tertiary/aromatic N) is 2. The van der Waals surface area contributed by atoms with E-state index >= 15 is 0 Å². The van der Waals surface area contributed by atoms with E-state index in [9.17, 15) is 17.6 Å². The average Bonchev–Trinajstić information content (AvgIpc) is 3.28. The molecule has 1 saturated heterocycles. The SMILES string of the molecule is CC(=O)N1CCc2cc(Br)c(S(=O)(=O)N3CCC[C@H]3c3ccc(F)cc3)cc21. The molecule has 2 aromatic carbocycles. The molecule has 0 bridgehead atoms. The van der Waals surface area contributed by atoms with Crippen LogP contribution in [0, 0.1) is 5.82 Å². The predicted octanol–water partition coefficient (Wildman–Crippen LogP) is 4.02. The zero-order valence-electron chi connectivity index (χ0n) is 15.4. The molecule has 2 aliphatic rings. The summed E-state index contributed by atoms with van der Waals surface area (Å²) >= 11 is 3.42. The fraction of sp³-hybridized carbons (Fsp3) is 0.350. The second-order valence-corrected chi connectivity index (χ2v) is 9.87. The van der Waals surface area contributed by atoms with E-state index in [1.54, 1.807) is 29.2 Å². The fourth-order valence-corrected chi connectivity index (χ4v) is 6.84. The molecule has 0 saturated carbocycles. The first-order chi connectivity index (χ1) is 13.3. The van der Waals surface area contributed by atoms with E-state index in [2.05, 4.69) is 15.9 Å². The third kappa shape index (κ3) is 3.27. The average molecular weight is 467 g/mol. The number of fused-ring (bicyclic) bond motifs is 1. The second kappa shape index (κ2) is 7.24. The summed E-state index contributed by atoms with van der Waals surface area (Å²) in [6, 6.07) is 9.07. The van der Waals surface area contributed by atoms with Crippen molar-refractivity contribution >= 4 is 37.5 Å². The third-order valence-corrected chi connectivity index (χ3v) is 8.32. The zero-order chi connectivity index (χ0) is 20.1. The minimum absolute atomic E-state index is 0.102. The highest BCUT2D eigenvalue weighted by atomic mass is 79.9. The fourth-order valence-electron chi connectivity index (χ4n) is 4.08. The van der Waals surface area contributed by atoms with Crippen LogP contribution in [0.2, 0.25) is 0 Å². The standard InChI is InChI=1S/C20H20BrFN2O3S/c1-13(25)23-10-8-15-11-17(21)20(12-19(15)23)28(26,27)24-9-2-3-18(24)14-4-6-16(22)7-5-14/h4-7,11-12,18H,2-3,8-10H2,1H3/t18-/m0/s1. The van der Waals surface area contributed by atoms with Crippen molar-refractivity contribution < 1.29 is 17.6 Å². The number of amides is 1. The van der Waals surface area contributed by atoms with Gasteiger partial charge in [0.05, 0.1) is 10.9 Å². The van der Waals surface area contributed by atoms with Crippen LogP contribution < -0.4 is 4.90 Å². The Bertz CT molecular complexity index is 1040. The van der Waals surface area contributed by atoms with Gasteiger partial charge < -0.3 is 4.90 Å². The number of sulfonamides is 1. The molecular formula is C20H20BrFN2O3S. The minimum atomic E-state index is -3.79. The molecule has 0 aromatic heterocycles. The van der Waals surface area contributed by atoms with Crippen LogP contribution in [0.5, 0.6) is 0 Å². The number of hydrogen-bond acceptors (Lipinski definition) is 3. The van der Waals surface area contributed by atoms with E-state index in [0.717, 1.165) is 17.5 Å². The maximum atomic E-state index is 13.5. The molecule has 0 aliphatic carbocycles. The summed E-state index contributed by atoms with van der Waals surface area (Å²) in [6.07, 6.45) is 2.13. The Hall–Kier alpha value is -1.77. The molecule has 5 nitrogen and oxygen atoms in total. The van der Waals surface area contributed by atoms with Gasteiger partial charge >= 0.3 is 0 Å². The maximum Gasteiger partial charge on any atom is 0.244 e. The van der Waals surface area contributed by atoms with Gasteiger partial charge in [-0.15, -0.1) is 0 Å². The van der Waals surface area contributed by atoms with E-state index in [1.165, 1.54) is 23.4 Å². The minimum Gasteiger partial charge on any atom is -0.312 e. The molecule has 148 valence electrons. The summed E-state index contributed by atoms with van der Waals surface area (Å²) in [5.74, 6) is -0.448. The Balaban J connectivity index is 1.75. The van der Waals surface area contributed by atoms with E-state index < -0.39 is 10.0 Å². The summed E-state index contributed by atoms with van der Waals surface area (Å²) in [6.45, 7) is 2.45. The lowest BCUT2D eigenvalue weighted by atomic mass is 10.1. The summed E-state index contributed by atoms with van der Waals surface area (Å²) in [7, 11) is -3.79. The summed E-state index contributed by atoms with van der Waals surface area (Å²) in [4.78, 5) is 13.7. The monoisotopic (exact) mass is 466 g/mol. The highest BCUT2D eigenvalue weighted by Gasteiger charge is 2.38. The number of hydrogen-bond donors (Lipinski definition) is 0. The third-order valence-electron chi connectivity index (χ3n) is 5.45. The van der Waals surface area contributed by atoms with Gasteiger partial charge in [-0.1, -0.05) is 12.1 Å². The molecule has 2 aliphatic heterocycles. The zero-order valence-corrected chi connectivity index (χ0v) is 17.8. The van der Waals surface area contributed by atoms with Gasteiger partial charge in [-0.25, -0.2) is 12.8 Å². The van der Waals surface area contributed by atoms with E-state index in [-0.39, 0.29) is 22.7 Å². The summed E-state index contributed by atoms with van der Waals surface area (Å²) in [5.41, 5.74) is 2.40. The molecule has 1 fully saturated rings. The largest absolute Gasteiger partial charge is 0.312 e. The van der Waals surface area contributed by atoms with Crippen LogP contribution in [-0.4, -0.2) is 31.7 Å². The molecule has 1 atom stereocenters. The van der Waals surface area contributed by atoms with Gasteiger partial charge in [-0.3, -0.25) is 4.79 Å². The molecule has 0 spiro atoms. The molecule has 8 heteroatoms. The number of anilines is 1. The normalized spacial score (nSPS) is 19.8. The van der Waals surface area contributed by atoms with Crippen molar-refractivity contribution in [1.82, 2.24) is 4.31 Å². The Morgan fingerprint density at radius 2 is 1.89 bits per heavy atom. The molecular weight excluding hydrogens is 447 g/mol. The lowest BCUT2D eigenvalue weighted by Gasteiger charge is -2.26. The number of carbonyl (C=O) groups is 1. The highest BCUT2D eigenvalue weighted by molar-refractivity contribution is 9.10. The summed E-state index contributed by atoms with van der Waals surface area (Å²) in [5, 5.41) is 0. The Morgan fingerprint density at radius 1 is 1.18 bits per heavy atom. The van der Waals surface area contributed by atoms with Crippen molar-refractivity contribution in [3.8, 4) is 0 Å². The molecule has 1 amide bonds. The molecule has 2 aromatic rings. The van der Waals surface area contributed by atoms with Crippen molar-refractivity contribution in [2.45, 2.75) is 37.1 Å². The first kappa shape index (κ1) is 19.5. The summed E-state index contributed by atoms with van der Waals surface area (Å²) < 4.78 is 42.3. The lowest BCUT2D eigenvalue weighted by molar-refractivity contribution is -0.116. The number of carbonyl (C=O) groups excluding carboxylic acids is 1. The van der Waals surface area contributed by atoms with Crippen LogP contribution in [0.3, 0.4) is 0 Å². The van der Waals surface area contributed by atoms with Crippen molar-refractivity contribution in [1.29, 1.82) is 0 Å². The van der Waals surface area contributed by atoms with Gasteiger partial charge in [0, 0.05) is 30.2 Å². The Morgan fingerprint density at radius 3 is 2.57 bits per heavy atom. The quantitative estimate of drug-likeness (QED) is 0.685. The Labute approximate surface area is 172 Å². The van der Waals surface area contributed by atoms with Crippen LogP contribution in [0.1, 0.15) is 36.9 Å². The van der Waals surface area contributed by atoms with Gasteiger partial charge in [0.2, 0.25) is 15.9 Å². The molecule has 4 rings (SSSR count). The first-order valence-electron chi connectivity index (χ1n) is 9.17. The first-order valence-corrected chi connectivity index (χ1v) is 11.4. The smallest absolute Gasteiger partial charge is 0.244 e. The number of rotatable bonds is 3. The van der Waals surface area contributed by atoms with Gasteiger partial charge in [0.25, 0.3) is 0 Å². The van der Waals surface area contributed by atoms with Crippen LogP contribution in [-0.2, 0) is 21.2 Å². The van der Waals surface area contributed by atoms with Gasteiger partial charge in [0.1, 0.15) is 5.82 Å². The van der Waals surface area contributed by atoms with Gasteiger partial charge in [-0.05, 0) is 70.6 Å². The van der Waals surface area contributed by atoms with E-state index in [0.29, 0.717) is 36.1 Å². The molecule has 28 heavy (non-hydrogen) atoms. The predicted molar refractivity (Wildman–Crippen MR) is 108 cm³/mol. The topological polar surface area (TPSA) is 57.7 Å². The van der Waals surface area contributed by atoms with Crippen molar-refractivity contribution in [3.63, 3.8) is 0 Å². The van der Waals surface area contributed by atoms with Crippen LogP contribution in [0.15, 0.2) is 45.8 Å². The van der Waals surface area contributed by atoms with Gasteiger partial charge in [0.15, 0.2) is 0 Å². The van der Waals surface area contributed by atoms with Crippen LogP contribution >= 0.6 is 15.9 Å². The molecule has 0 unspecified atom stereocenters. The number of benzene rings is 2. The number of halogens is 2. The van der Waals surface area contributed by atoms with Crippen molar-refractivity contribution in [3.05, 3.63) is 57.8 Å². The molecule has 0 radical (unpaired) electrons. The van der Waals surface area contributed by atoms with Crippen molar-refractivity contribution in [2.24, 2.45) is 0 Å². The lowest BCUT2D eigenvalue weighted by Crippen LogP contribution is -2.31. The van der Waals surface area contributed by atoms with Gasteiger partial charge in [-0.2, -0.15) is 4.31 Å². The maximum absolute atomic E-state index is 13.5. The van der Waals surface area contributed by atoms with Crippen LogP contribution in [0.4, 0.5) is 10.1 Å². The molecule has 0 N–H and O–H groups in total. The Kier molecular flexibility index (Phi) is 5.05. The second-order valence-electron chi connectivity index (χ2n) is 7.16.